The monoisotopic (exact) mass is 417 g/mol. The smallest absolute Gasteiger partial charge is 0.338 e. The summed E-state index contributed by atoms with van der Waals surface area (Å²) in [6.07, 6.45) is -3.34. The molecule has 0 N–H and O–H groups in total. The first-order valence-corrected chi connectivity index (χ1v) is 10.1. The van der Waals surface area contributed by atoms with Crippen molar-refractivity contribution in [2.45, 2.75) is 65.3 Å². The third-order valence-electron chi connectivity index (χ3n) is 5.08. The number of thiophene rings is 1. The van der Waals surface area contributed by atoms with Crippen LogP contribution < -0.4 is 11.2 Å². The average molecular weight is 417 g/mol. The second kappa shape index (κ2) is 7.73. The van der Waals surface area contributed by atoms with Crippen LogP contribution >= 0.6 is 11.3 Å². The van der Waals surface area contributed by atoms with Gasteiger partial charge in [-0.1, -0.05) is 0 Å². The lowest BCUT2D eigenvalue weighted by atomic mass is 10.1. The van der Waals surface area contributed by atoms with Gasteiger partial charge in [0.1, 0.15) is 4.83 Å². The van der Waals surface area contributed by atoms with Gasteiger partial charge in [0.05, 0.1) is 18.4 Å². The predicted molar refractivity (Wildman–Crippen MR) is 101 cm³/mol. The van der Waals surface area contributed by atoms with E-state index in [0.29, 0.717) is 25.1 Å². The Morgan fingerprint density at radius 2 is 1.82 bits per heavy atom. The van der Waals surface area contributed by atoms with E-state index in [4.69, 9.17) is 0 Å². The molecule has 28 heavy (non-hydrogen) atoms. The Morgan fingerprint density at radius 1 is 1.11 bits per heavy atom. The van der Waals surface area contributed by atoms with Crippen LogP contribution in [0.25, 0.3) is 10.2 Å². The molecule has 0 unspecified atom stereocenters. The van der Waals surface area contributed by atoms with Crippen molar-refractivity contribution in [2.75, 3.05) is 6.54 Å². The first-order chi connectivity index (χ1) is 13.1. The standard InChI is InChI=1S/C18H22F3N3O3S/c1-3-23-15(26)14-11(2)12(10-22-8-5-4-6-13(22)25)28-16(14)24(17(23)27)9-7-18(19,20)21/h3-10H2,1-2H3. The van der Waals surface area contributed by atoms with Crippen molar-refractivity contribution in [1.29, 1.82) is 0 Å². The molecular weight excluding hydrogens is 395 g/mol. The van der Waals surface area contributed by atoms with E-state index in [1.165, 1.54) is 0 Å². The largest absolute Gasteiger partial charge is 0.390 e. The third-order valence-corrected chi connectivity index (χ3v) is 6.38. The number of hydrogen-bond donors (Lipinski definition) is 0. The van der Waals surface area contributed by atoms with Gasteiger partial charge in [-0.2, -0.15) is 13.2 Å². The number of aromatic nitrogens is 2. The van der Waals surface area contributed by atoms with Gasteiger partial charge in [0.25, 0.3) is 5.56 Å². The van der Waals surface area contributed by atoms with Gasteiger partial charge in [0, 0.05) is 30.9 Å². The van der Waals surface area contributed by atoms with E-state index in [1.54, 1.807) is 18.7 Å². The molecule has 0 spiro atoms. The molecule has 1 saturated heterocycles. The fraction of sp³-hybridized carbons (Fsp3) is 0.611. The zero-order chi connectivity index (χ0) is 20.6. The highest BCUT2D eigenvalue weighted by molar-refractivity contribution is 7.18. The first kappa shape index (κ1) is 20.6. The van der Waals surface area contributed by atoms with Crippen LogP contribution in [-0.4, -0.2) is 32.7 Å². The van der Waals surface area contributed by atoms with Crippen LogP contribution in [0.4, 0.5) is 13.2 Å². The number of alkyl halides is 3. The highest BCUT2D eigenvalue weighted by Crippen LogP contribution is 2.31. The molecular formula is C18H22F3N3O3S. The van der Waals surface area contributed by atoms with Crippen molar-refractivity contribution in [3.05, 3.63) is 31.3 Å². The van der Waals surface area contributed by atoms with Gasteiger partial charge in [-0.3, -0.25) is 18.7 Å². The maximum Gasteiger partial charge on any atom is 0.390 e. The normalized spacial score (nSPS) is 15.6. The zero-order valence-corrected chi connectivity index (χ0v) is 16.6. The number of aryl methyl sites for hydroxylation is 2. The second-order valence-corrected chi connectivity index (χ2v) is 8.04. The summed E-state index contributed by atoms with van der Waals surface area (Å²) in [5.41, 5.74) is -0.590. The highest BCUT2D eigenvalue weighted by atomic mass is 32.1. The summed E-state index contributed by atoms with van der Waals surface area (Å²) in [6, 6.07) is 0. The fourth-order valence-electron chi connectivity index (χ4n) is 3.51. The summed E-state index contributed by atoms with van der Waals surface area (Å²) >= 11 is 1.13. The van der Waals surface area contributed by atoms with Crippen molar-refractivity contribution in [3.63, 3.8) is 0 Å². The quantitative estimate of drug-likeness (QED) is 0.751. The Morgan fingerprint density at radius 3 is 2.43 bits per heavy atom. The minimum absolute atomic E-state index is 0.0311. The molecule has 154 valence electrons. The number of carbonyl (C=O) groups is 1. The lowest BCUT2D eigenvalue weighted by Crippen LogP contribution is -2.39. The molecule has 0 radical (unpaired) electrons. The number of halogens is 3. The zero-order valence-electron chi connectivity index (χ0n) is 15.8. The van der Waals surface area contributed by atoms with E-state index in [9.17, 15) is 27.6 Å². The summed E-state index contributed by atoms with van der Waals surface area (Å²) in [5, 5.41) is 0.271. The van der Waals surface area contributed by atoms with Crippen molar-refractivity contribution in [3.8, 4) is 0 Å². The Bertz CT molecular complexity index is 1020. The predicted octanol–water partition coefficient (Wildman–Crippen LogP) is 3.02. The number of likely N-dealkylation sites (tertiary alicyclic amines) is 1. The number of hydrogen-bond acceptors (Lipinski definition) is 4. The lowest BCUT2D eigenvalue weighted by molar-refractivity contribution is -0.137. The Hall–Kier alpha value is -2.10. The maximum absolute atomic E-state index is 12.8. The van der Waals surface area contributed by atoms with E-state index in [0.717, 1.165) is 38.2 Å². The van der Waals surface area contributed by atoms with Gasteiger partial charge in [0.15, 0.2) is 0 Å². The average Bonchev–Trinajstić information content (AvgIpc) is 2.93. The Kier molecular flexibility index (Phi) is 5.69. The molecule has 0 aromatic carbocycles. The minimum atomic E-state index is -4.41. The van der Waals surface area contributed by atoms with Gasteiger partial charge < -0.3 is 4.90 Å². The number of amides is 1. The Balaban J connectivity index is 2.12. The van der Waals surface area contributed by atoms with E-state index < -0.39 is 30.4 Å². The van der Waals surface area contributed by atoms with Gasteiger partial charge in [0.2, 0.25) is 5.91 Å². The topological polar surface area (TPSA) is 64.3 Å². The lowest BCUT2D eigenvalue weighted by Gasteiger charge is -2.26. The Labute approximate surface area is 163 Å². The van der Waals surface area contributed by atoms with Crippen LogP contribution in [0.1, 0.15) is 43.0 Å². The van der Waals surface area contributed by atoms with E-state index in [-0.39, 0.29) is 22.7 Å². The molecule has 1 aliphatic rings. The molecule has 0 saturated carbocycles. The van der Waals surface area contributed by atoms with E-state index >= 15 is 0 Å². The maximum atomic E-state index is 12.8. The molecule has 1 aliphatic heterocycles. The third kappa shape index (κ3) is 3.87. The van der Waals surface area contributed by atoms with Crippen molar-refractivity contribution >= 4 is 27.5 Å². The van der Waals surface area contributed by atoms with Gasteiger partial charge in [-0.25, -0.2) is 4.79 Å². The van der Waals surface area contributed by atoms with Crippen LogP contribution in [0.2, 0.25) is 0 Å². The molecule has 10 heteroatoms. The summed E-state index contributed by atoms with van der Waals surface area (Å²) in [7, 11) is 0. The van der Waals surface area contributed by atoms with Crippen LogP contribution in [-0.2, 0) is 24.4 Å². The van der Waals surface area contributed by atoms with Gasteiger partial charge >= 0.3 is 11.9 Å². The van der Waals surface area contributed by atoms with Crippen LogP contribution in [0.5, 0.6) is 0 Å². The molecule has 1 amide bonds. The SMILES string of the molecule is CCn1c(=O)c2c(C)c(CN3CCCCC3=O)sc2n(CCC(F)(F)F)c1=O. The molecule has 3 rings (SSSR count). The summed E-state index contributed by atoms with van der Waals surface area (Å²) in [6.45, 7) is 3.80. The number of piperidine rings is 1. The van der Waals surface area contributed by atoms with Gasteiger partial charge in [-0.05, 0) is 32.3 Å². The molecule has 2 aromatic rings. The molecule has 1 fully saturated rings. The number of rotatable bonds is 5. The van der Waals surface area contributed by atoms with Crippen LogP contribution in [0.15, 0.2) is 9.59 Å². The molecule has 0 atom stereocenters. The summed E-state index contributed by atoms with van der Waals surface area (Å²) in [5.74, 6) is 0.0311. The second-order valence-electron chi connectivity index (χ2n) is 6.95. The van der Waals surface area contributed by atoms with Crippen LogP contribution in [0, 0.1) is 6.92 Å². The summed E-state index contributed by atoms with van der Waals surface area (Å²) < 4.78 is 40.3. The minimum Gasteiger partial charge on any atom is -0.338 e. The van der Waals surface area contributed by atoms with E-state index in [1.807, 2.05) is 0 Å². The number of fused-ring (bicyclic) bond motifs is 1. The number of nitrogens with zero attached hydrogens (tertiary/aromatic N) is 3. The molecule has 2 aromatic heterocycles. The van der Waals surface area contributed by atoms with Crippen molar-refractivity contribution in [2.24, 2.45) is 0 Å². The molecule has 6 nitrogen and oxygen atoms in total. The summed E-state index contributed by atoms with van der Waals surface area (Å²) in [4.78, 5) is 40.2. The highest BCUT2D eigenvalue weighted by Gasteiger charge is 2.29. The number of carbonyl (C=O) groups excluding carboxylic acids is 1. The van der Waals surface area contributed by atoms with Crippen molar-refractivity contribution < 1.29 is 18.0 Å². The molecule has 0 aliphatic carbocycles. The first-order valence-electron chi connectivity index (χ1n) is 9.24. The molecule has 3 heterocycles. The van der Waals surface area contributed by atoms with Crippen LogP contribution in [0.3, 0.4) is 0 Å². The van der Waals surface area contributed by atoms with E-state index in [2.05, 4.69) is 0 Å². The fourth-order valence-corrected chi connectivity index (χ4v) is 4.84. The van der Waals surface area contributed by atoms with Crippen molar-refractivity contribution in [1.82, 2.24) is 14.0 Å². The molecule has 0 bridgehead atoms. The van der Waals surface area contributed by atoms with Gasteiger partial charge in [-0.15, -0.1) is 11.3 Å².